The number of carbonyl (C=O) groups excluding carboxylic acids is 2. The van der Waals surface area contributed by atoms with E-state index in [2.05, 4.69) is 25.5 Å². The Kier molecular flexibility index (Phi) is 7.42. The van der Waals surface area contributed by atoms with Gasteiger partial charge in [-0.05, 0) is 61.5 Å². The van der Waals surface area contributed by atoms with Crippen molar-refractivity contribution in [3.63, 3.8) is 0 Å². The molecule has 0 bridgehead atoms. The van der Waals surface area contributed by atoms with Crippen LogP contribution in [-0.4, -0.2) is 57.4 Å². The van der Waals surface area contributed by atoms with E-state index in [-0.39, 0.29) is 30.6 Å². The van der Waals surface area contributed by atoms with Crippen LogP contribution in [0.3, 0.4) is 0 Å². The molecule has 1 aliphatic heterocycles. The minimum atomic E-state index is -1.03. The number of pyridine rings is 1. The molecule has 0 radical (unpaired) electrons. The van der Waals surface area contributed by atoms with Gasteiger partial charge in [0.1, 0.15) is 5.56 Å². The normalized spacial score (nSPS) is 15.4. The first-order valence-corrected chi connectivity index (χ1v) is 12.4. The van der Waals surface area contributed by atoms with Crippen molar-refractivity contribution in [1.29, 1.82) is 0 Å². The Hall–Kier alpha value is -4.51. The van der Waals surface area contributed by atoms with E-state index in [1.165, 1.54) is 12.4 Å². The molecular weight excluding hydrogens is 506 g/mol. The highest BCUT2D eigenvalue weighted by Crippen LogP contribution is 2.17. The topological polar surface area (TPSA) is 109 Å². The molecular formula is C28H26F2N6O3. The van der Waals surface area contributed by atoms with Gasteiger partial charge in [-0.1, -0.05) is 12.1 Å². The van der Waals surface area contributed by atoms with E-state index in [1.54, 1.807) is 24.4 Å². The van der Waals surface area contributed by atoms with Crippen molar-refractivity contribution in [2.75, 3.05) is 20.1 Å². The molecule has 11 heteroatoms. The van der Waals surface area contributed by atoms with Gasteiger partial charge in [0.05, 0.1) is 24.0 Å². The largest absolute Gasteiger partial charge is 0.348 e. The predicted molar refractivity (Wildman–Crippen MR) is 140 cm³/mol. The highest BCUT2D eigenvalue weighted by Gasteiger charge is 2.22. The van der Waals surface area contributed by atoms with Crippen molar-refractivity contribution in [2.45, 2.75) is 25.6 Å². The number of benzene rings is 2. The molecule has 0 spiro atoms. The summed E-state index contributed by atoms with van der Waals surface area (Å²) >= 11 is 0. The lowest BCUT2D eigenvalue weighted by Crippen LogP contribution is -2.36. The highest BCUT2D eigenvalue weighted by molar-refractivity contribution is 5.97. The molecule has 0 saturated carbocycles. The van der Waals surface area contributed by atoms with E-state index in [0.717, 1.165) is 53.4 Å². The van der Waals surface area contributed by atoms with Crippen molar-refractivity contribution in [3.8, 4) is 0 Å². The number of nitrogens with one attached hydrogen (secondary N) is 2. The second-order valence-corrected chi connectivity index (χ2v) is 9.64. The second kappa shape index (κ2) is 11.1. The SMILES string of the molecule is CN1CCC(NC(=O)c2cnc3ccc(CNC(=O)c4cncn(Cc5ccc(F)c(F)c5)c4=O)cc3c2)C1. The number of halogens is 2. The molecule has 1 unspecified atom stereocenters. The Balaban J connectivity index is 1.26. The molecule has 2 amide bonds. The molecule has 2 N–H and O–H groups in total. The van der Waals surface area contributed by atoms with E-state index in [4.69, 9.17) is 0 Å². The number of rotatable bonds is 7. The van der Waals surface area contributed by atoms with Crippen LogP contribution in [0.4, 0.5) is 8.78 Å². The number of likely N-dealkylation sites (tertiary alicyclic amines) is 1. The zero-order valence-electron chi connectivity index (χ0n) is 21.2. The fourth-order valence-electron chi connectivity index (χ4n) is 4.57. The third-order valence-corrected chi connectivity index (χ3v) is 6.67. The van der Waals surface area contributed by atoms with Gasteiger partial charge < -0.3 is 15.5 Å². The van der Waals surface area contributed by atoms with Crippen LogP contribution >= 0.6 is 0 Å². The summed E-state index contributed by atoms with van der Waals surface area (Å²) in [4.78, 5) is 48.9. The predicted octanol–water partition coefficient (Wildman–Crippen LogP) is 2.48. The fraction of sp³-hybridized carbons (Fsp3) is 0.250. The van der Waals surface area contributed by atoms with E-state index < -0.39 is 23.1 Å². The van der Waals surface area contributed by atoms with Gasteiger partial charge in [-0.3, -0.25) is 23.9 Å². The average Bonchev–Trinajstić information content (AvgIpc) is 3.34. The molecule has 1 saturated heterocycles. The van der Waals surface area contributed by atoms with Gasteiger partial charge >= 0.3 is 0 Å². The lowest BCUT2D eigenvalue weighted by Gasteiger charge is -2.13. The molecule has 1 fully saturated rings. The maximum atomic E-state index is 13.5. The number of carbonyl (C=O) groups is 2. The van der Waals surface area contributed by atoms with Gasteiger partial charge in [-0.25, -0.2) is 13.8 Å². The van der Waals surface area contributed by atoms with Crippen LogP contribution in [0.2, 0.25) is 0 Å². The van der Waals surface area contributed by atoms with Crippen LogP contribution in [0.25, 0.3) is 10.9 Å². The second-order valence-electron chi connectivity index (χ2n) is 9.64. The molecule has 9 nitrogen and oxygen atoms in total. The van der Waals surface area contributed by atoms with E-state index in [0.29, 0.717) is 16.6 Å². The lowest BCUT2D eigenvalue weighted by molar-refractivity contribution is 0.0933. The van der Waals surface area contributed by atoms with Crippen molar-refractivity contribution in [1.82, 2.24) is 30.1 Å². The minimum Gasteiger partial charge on any atom is -0.348 e. The van der Waals surface area contributed by atoms with Gasteiger partial charge in [0.15, 0.2) is 11.6 Å². The van der Waals surface area contributed by atoms with Crippen LogP contribution in [0.5, 0.6) is 0 Å². The average molecular weight is 533 g/mol. The van der Waals surface area contributed by atoms with Gasteiger partial charge in [-0.2, -0.15) is 0 Å². The minimum absolute atomic E-state index is 0.0742. The Labute approximate surface area is 222 Å². The van der Waals surface area contributed by atoms with Crippen LogP contribution in [0, 0.1) is 11.6 Å². The molecule has 5 rings (SSSR count). The molecule has 2 aromatic heterocycles. The first kappa shape index (κ1) is 26.1. The summed E-state index contributed by atoms with van der Waals surface area (Å²) in [7, 11) is 2.02. The van der Waals surface area contributed by atoms with Crippen molar-refractivity contribution >= 4 is 22.7 Å². The monoisotopic (exact) mass is 532 g/mol. The first-order valence-electron chi connectivity index (χ1n) is 12.4. The van der Waals surface area contributed by atoms with E-state index in [9.17, 15) is 23.2 Å². The number of hydrogen-bond donors (Lipinski definition) is 2. The van der Waals surface area contributed by atoms with Crippen LogP contribution in [0.15, 0.2) is 66.0 Å². The summed E-state index contributed by atoms with van der Waals surface area (Å²) in [5, 5.41) is 6.50. The van der Waals surface area contributed by atoms with E-state index >= 15 is 0 Å². The van der Waals surface area contributed by atoms with E-state index in [1.807, 2.05) is 13.1 Å². The standard InChI is InChI=1S/C28H26F2N6O3/c1-35-7-6-21(15-35)34-26(37)20-10-19-8-17(3-5-25(19)32-12-20)11-33-27(38)22-13-31-16-36(28(22)39)14-18-2-4-23(29)24(30)9-18/h2-5,8-10,12-13,16,21H,6-7,11,14-15H2,1H3,(H,33,38)(H,34,37). The van der Waals surface area contributed by atoms with Crippen LogP contribution in [-0.2, 0) is 13.1 Å². The summed E-state index contributed by atoms with van der Waals surface area (Å²) < 4.78 is 27.9. The smallest absolute Gasteiger partial charge is 0.266 e. The molecule has 2 aromatic carbocycles. The van der Waals surface area contributed by atoms with Gasteiger partial charge in [-0.15, -0.1) is 0 Å². The molecule has 3 heterocycles. The summed E-state index contributed by atoms with van der Waals surface area (Å²) in [6, 6.07) is 10.6. The van der Waals surface area contributed by atoms with Crippen molar-refractivity contribution in [3.05, 3.63) is 105 Å². The first-order chi connectivity index (χ1) is 18.8. The number of nitrogens with zero attached hydrogens (tertiary/aromatic N) is 4. The summed E-state index contributed by atoms with van der Waals surface area (Å²) in [6.07, 6.45) is 4.84. The quantitative estimate of drug-likeness (QED) is 0.379. The Morgan fingerprint density at radius 1 is 1.03 bits per heavy atom. The molecule has 200 valence electrons. The molecule has 0 aliphatic carbocycles. The number of fused-ring (bicyclic) bond motifs is 1. The van der Waals surface area contributed by atoms with Gasteiger partial charge in [0.25, 0.3) is 17.4 Å². The van der Waals surface area contributed by atoms with Gasteiger partial charge in [0.2, 0.25) is 0 Å². The zero-order valence-corrected chi connectivity index (χ0v) is 21.2. The molecule has 1 atom stereocenters. The summed E-state index contributed by atoms with van der Waals surface area (Å²) in [5.74, 6) is -2.82. The van der Waals surface area contributed by atoms with Crippen molar-refractivity contribution < 1.29 is 18.4 Å². The number of hydrogen-bond acceptors (Lipinski definition) is 6. The van der Waals surface area contributed by atoms with Crippen molar-refractivity contribution in [2.24, 2.45) is 0 Å². The Morgan fingerprint density at radius 2 is 1.85 bits per heavy atom. The maximum Gasteiger partial charge on any atom is 0.266 e. The molecule has 39 heavy (non-hydrogen) atoms. The maximum absolute atomic E-state index is 13.5. The number of amides is 2. The summed E-state index contributed by atoms with van der Waals surface area (Å²) in [6.45, 7) is 1.80. The summed E-state index contributed by atoms with van der Waals surface area (Å²) in [5.41, 5.74) is 1.46. The van der Waals surface area contributed by atoms with Crippen LogP contribution < -0.4 is 16.2 Å². The lowest BCUT2D eigenvalue weighted by atomic mass is 10.1. The zero-order chi connectivity index (χ0) is 27.5. The highest BCUT2D eigenvalue weighted by atomic mass is 19.2. The third kappa shape index (κ3) is 5.99. The number of likely N-dealkylation sites (N-methyl/N-ethyl adjacent to an activating group) is 1. The molecule has 4 aromatic rings. The Bertz CT molecular complexity index is 1620. The van der Waals surface area contributed by atoms with Crippen LogP contribution in [0.1, 0.15) is 38.3 Å². The third-order valence-electron chi connectivity index (χ3n) is 6.67. The fourth-order valence-corrected chi connectivity index (χ4v) is 4.57. The molecule has 1 aliphatic rings. The Morgan fingerprint density at radius 3 is 2.62 bits per heavy atom. The van der Waals surface area contributed by atoms with Gasteiger partial charge in [0, 0.05) is 36.9 Å². The number of aromatic nitrogens is 3.